The van der Waals surface area contributed by atoms with Crippen molar-refractivity contribution in [1.82, 2.24) is 44.9 Å². The van der Waals surface area contributed by atoms with Crippen molar-refractivity contribution in [2.75, 3.05) is 28.7 Å². The Bertz CT molecular complexity index is 2410. The van der Waals surface area contributed by atoms with Crippen LogP contribution in [0.25, 0.3) is 53.9 Å². The predicted octanol–water partition coefficient (Wildman–Crippen LogP) is 7.66. The molecule has 280 valence electrons. The molecule has 0 aromatic carbocycles. The first-order valence-corrected chi connectivity index (χ1v) is 17.9. The van der Waals surface area contributed by atoms with Crippen molar-refractivity contribution in [2.24, 2.45) is 0 Å². The highest BCUT2D eigenvalue weighted by Gasteiger charge is 2.04. The minimum Gasteiger partial charge on any atom is -0.457 e. The van der Waals surface area contributed by atoms with Gasteiger partial charge in [-0.1, -0.05) is 0 Å². The standard InChI is InChI=1S/2C8H9N3.C8H8N2O.C8H8N2S.C7H8N4/c1-5-4-6-7(11-5)2-3-10-8(6)9;3*1-5-4-6-2-3-10-8(9)7(6)11-5;1-4-10-5-2-3-9-7(8)6(5)11-4/h2*2-4,11H,1H3,(H2,9,10);2*2-4H,1H3,(H2,9,10);2-3H,1H3,(H2,8,9)(H,10,11). The smallest absolute Gasteiger partial charge is 0.176 e. The zero-order valence-corrected chi connectivity index (χ0v) is 31.8. The van der Waals surface area contributed by atoms with Gasteiger partial charge in [0, 0.05) is 63.4 Å². The van der Waals surface area contributed by atoms with E-state index < -0.39 is 0 Å². The molecule has 0 aliphatic rings. The number of rotatable bonds is 0. The number of nitrogen functional groups attached to an aromatic ring is 5. The fourth-order valence-electron chi connectivity index (χ4n) is 5.74. The maximum atomic E-state index is 5.67. The average Bonchev–Trinajstić information content (AvgIpc) is 3.97. The molecule has 0 unspecified atom stereocenters. The van der Waals surface area contributed by atoms with E-state index in [0.717, 1.165) is 65.9 Å². The molecule has 0 aliphatic heterocycles. The second-order valence-electron chi connectivity index (χ2n) is 12.6. The van der Waals surface area contributed by atoms with Gasteiger partial charge >= 0.3 is 0 Å². The van der Waals surface area contributed by atoms with Crippen molar-refractivity contribution in [2.45, 2.75) is 34.6 Å². The lowest BCUT2D eigenvalue weighted by atomic mass is 10.3. The number of aryl methyl sites for hydroxylation is 5. The molecule has 10 rings (SSSR count). The molecule has 0 fully saturated rings. The lowest BCUT2D eigenvalue weighted by molar-refractivity contribution is 0.578. The van der Waals surface area contributed by atoms with Crippen LogP contribution in [0.3, 0.4) is 0 Å². The number of thiophene rings is 1. The summed E-state index contributed by atoms with van der Waals surface area (Å²) in [5.74, 6) is 4.45. The first kappa shape index (κ1) is 37.6. The van der Waals surface area contributed by atoms with Crippen molar-refractivity contribution < 1.29 is 4.42 Å². The van der Waals surface area contributed by atoms with Crippen LogP contribution in [0.1, 0.15) is 27.8 Å². The third-order valence-corrected chi connectivity index (χ3v) is 9.23. The highest BCUT2D eigenvalue weighted by Crippen LogP contribution is 2.28. The second kappa shape index (κ2) is 16.2. The molecule has 0 atom stereocenters. The van der Waals surface area contributed by atoms with Crippen LogP contribution in [0, 0.1) is 34.6 Å². The number of H-pyrrole nitrogens is 3. The van der Waals surface area contributed by atoms with Gasteiger partial charge < -0.3 is 48.0 Å². The molecule has 0 amide bonds. The third kappa shape index (κ3) is 8.89. The van der Waals surface area contributed by atoms with Crippen molar-refractivity contribution in [3.05, 3.63) is 113 Å². The zero-order valence-electron chi connectivity index (χ0n) is 31.0. The number of fused-ring (bicyclic) bond motifs is 5. The van der Waals surface area contributed by atoms with E-state index in [0.29, 0.717) is 34.7 Å². The fraction of sp³-hybridized carbons (Fsp3) is 0.128. The molecule has 0 spiro atoms. The number of aromatic amines is 3. The Labute approximate surface area is 319 Å². The average molecular weight is 755 g/mol. The van der Waals surface area contributed by atoms with Gasteiger partial charge in [-0.3, -0.25) is 0 Å². The van der Waals surface area contributed by atoms with E-state index in [1.807, 2.05) is 76.2 Å². The van der Waals surface area contributed by atoms with Gasteiger partial charge in [-0.25, -0.2) is 29.9 Å². The lowest BCUT2D eigenvalue weighted by Gasteiger charge is -1.91. The summed E-state index contributed by atoms with van der Waals surface area (Å²) >= 11 is 1.69. The predicted molar refractivity (Wildman–Crippen MR) is 225 cm³/mol. The quantitative estimate of drug-likeness (QED) is 0.0741. The van der Waals surface area contributed by atoms with Gasteiger partial charge in [0.1, 0.15) is 34.6 Å². The number of nitrogens with zero attached hydrogens (tertiary/aromatic N) is 6. The number of aromatic nitrogens is 9. The summed E-state index contributed by atoms with van der Waals surface area (Å²) in [5, 5.41) is 4.33. The molecule has 0 bridgehead atoms. The third-order valence-electron chi connectivity index (χ3n) is 8.14. The van der Waals surface area contributed by atoms with E-state index in [9.17, 15) is 0 Å². The summed E-state index contributed by atoms with van der Waals surface area (Å²) in [4.78, 5) is 34.6. The first-order chi connectivity index (χ1) is 26.4. The summed E-state index contributed by atoms with van der Waals surface area (Å²) in [5.41, 5.74) is 34.7. The van der Waals surface area contributed by atoms with Crippen molar-refractivity contribution in [3.8, 4) is 0 Å². The summed E-state index contributed by atoms with van der Waals surface area (Å²) in [6.07, 6.45) is 8.49. The van der Waals surface area contributed by atoms with Crippen LogP contribution in [0.2, 0.25) is 0 Å². The van der Waals surface area contributed by atoms with Gasteiger partial charge in [0.25, 0.3) is 0 Å². The summed E-state index contributed by atoms with van der Waals surface area (Å²) in [6.45, 7) is 9.85. The fourth-order valence-corrected chi connectivity index (χ4v) is 6.65. The van der Waals surface area contributed by atoms with Crippen molar-refractivity contribution in [3.63, 3.8) is 0 Å². The Morgan fingerprint density at radius 3 is 1.82 bits per heavy atom. The Hall–Kier alpha value is -7.20. The summed E-state index contributed by atoms with van der Waals surface area (Å²) < 4.78 is 6.41. The number of pyridine rings is 5. The molecule has 10 aromatic heterocycles. The second-order valence-corrected chi connectivity index (χ2v) is 13.8. The van der Waals surface area contributed by atoms with Gasteiger partial charge in [0.05, 0.1) is 21.3 Å². The molecule has 13 N–H and O–H groups in total. The van der Waals surface area contributed by atoms with E-state index in [4.69, 9.17) is 33.1 Å². The molecule has 0 saturated heterocycles. The minimum absolute atomic E-state index is 0.454. The molecule has 16 heteroatoms. The topological polar surface area (TPSA) is 268 Å². The maximum absolute atomic E-state index is 5.67. The van der Waals surface area contributed by atoms with Crippen LogP contribution in [0.5, 0.6) is 0 Å². The van der Waals surface area contributed by atoms with E-state index in [1.54, 1.807) is 42.3 Å². The molecule has 10 heterocycles. The number of furan rings is 1. The number of hydrogen-bond acceptors (Lipinski definition) is 13. The summed E-state index contributed by atoms with van der Waals surface area (Å²) in [6, 6.07) is 17.7. The van der Waals surface area contributed by atoms with E-state index in [1.165, 1.54) is 10.3 Å². The van der Waals surface area contributed by atoms with Crippen LogP contribution >= 0.6 is 11.3 Å². The Morgan fingerprint density at radius 1 is 0.545 bits per heavy atom. The Kier molecular flexibility index (Phi) is 11.1. The maximum Gasteiger partial charge on any atom is 0.176 e. The molecule has 0 aliphatic carbocycles. The Morgan fingerprint density at radius 2 is 1.15 bits per heavy atom. The number of imidazole rings is 1. The molecule has 0 saturated carbocycles. The van der Waals surface area contributed by atoms with Crippen LogP contribution in [0.15, 0.2) is 90.0 Å². The van der Waals surface area contributed by atoms with Gasteiger partial charge in [-0.2, -0.15) is 0 Å². The molecular weight excluding hydrogens is 713 g/mol. The highest BCUT2D eigenvalue weighted by atomic mass is 32.1. The zero-order chi connectivity index (χ0) is 39.2. The molecular formula is C39H42N14OS. The lowest BCUT2D eigenvalue weighted by Crippen LogP contribution is -1.89. The minimum atomic E-state index is 0.454. The summed E-state index contributed by atoms with van der Waals surface area (Å²) in [7, 11) is 0. The number of hydrogen-bond donors (Lipinski definition) is 8. The van der Waals surface area contributed by atoms with Crippen LogP contribution < -0.4 is 28.7 Å². The van der Waals surface area contributed by atoms with Crippen LogP contribution in [0.4, 0.5) is 29.1 Å². The molecule has 15 nitrogen and oxygen atoms in total. The van der Waals surface area contributed by atoms with Crippen molar-refractivity contribution >= 4 is 94.3 Å². The first-order valence-electron chi connectivity index (χ1n) is 17.0. The number of anilines is 5. The number of nitrogens with one attached hydrogen (secondary N) is 3. The largest absolute Gasteiger partial charge is 0.457 e. The van der Waals surface area contributed by atoms with E-state index in [2.05, 4.69) is 57.8 Å². The SMILES string of the molecule is Cc1cc2c(N)nccc2[nH]1.Cc1cc2ccnc(N)c2[nH]1.Cc1cc2ccnc(N)c2o1.Cc1cc2ccnc(N)c2s1.Cc1nc2c(N)nccc2[nH]1. The highest BCUT2D eigenvalue weighted by molar-refractivity contribution is 7.19. The van der Waals surface area contributed by atoms with Crippen molar-refractivity contribution in [1.29, 1.82) is 0 Å². The Balaban J connectivity index is 0.000000117. The van der Waals surface area contributed by atoms with Gasteiger partial charge in [0.2, 0.25) is 0 Å². The van der Waals surface area contributed by atoms with E-state index >= 15 is 0 Å². The number of nitrogens with two attached hydrogens (primary N) is 5. The van der Waals surface area contributed by atoms with Crippen LogP contribution in [-0.2, 0) is 0 Å². The monoisotopic (exact) mass is 754 g/mol. The van der Waals surface area contributed by atoms with Crippen LogP contribution in [-0.4, -0.2) is 44.9 Å². The van der Waals surface area contributed by atoms with Gasteiger partial charge in [0.15, 0.2) is 17.2 Å². The van der Waals surface area contributed by atoms with Gasteiger partial charge in [-0.15, -0.1) is 11.3 Å². The van der Waals surface area contributed by atoms with Gasteiger partial charge in [-0.05, 0) is 94.6 Å². The van der Waals surface area contributed by atoms with E-state index in [-0.39, 0.29) is 0 Å². The normalized spacial score (nSPS) is 10.6. The molecule has 0 radical (unpaired) electrons. The molecule has 55 heavy (non-hydrogen) atoms. The molecule has 10 aromatic rings.